The third kappa shape index (κ3) is 1.58. The number of para-hydroxylation sites is 1. The molecule has 0 spiro atoms. The van der Waals surface area contributed by atoms with Crippen LogP contribution in [0.5, 0.6) is 0 Å². The second-order valence-corrected chi connectivity index (χ2v) is 2.38. The van der Waals surface area contributed by atoms with E-state index in [0.717, 1.165) is 10.9 Å². The highest BCUT2D eigenvalue weighted by Gasteiger charge is 1.98. The molecule has 64 valence electrons. The third-order valence-corrected chi connectivity index (χ3v) is 1.65. The number of nitriles is 1. The van der Waals surface area contributed by atoms with E-state index in [9.17, 15) is 0 Å². The van der Waals surface area contributed by atoms with Crippen LogP contribution in [-0.2, 0) is 0 Å². The first kappa shape index (κ1) is 9.43. The zero-order chi connectivity index (χ0) is 8.39. The maximum Gasteiger partial charge on any atom is 0.116 e. The molecule has 0 N–H and O–H groups in total. The molecule has 0 saturated carbocycles. The Morgan fingerprint density at radius 3 is 2.92 bits per heavy atom. The van der Waals surface area contributed by atoms with Crippen LogP contribution >= 0.6 is 12.4 Å². The van der Waals surface area contributed by atoms with Crippen molar-refractivity contribution in [2.75, 3.05) is 0 Å². The van der Waals surface area contributed by atoms with Gasteiger partial charge in [0.2, 0.25) is 0 Å². The Morgan fingerprint density at radius 1 is 1.31 bits per heavy atom. The average molecular weight is 192 g/mol. The summed E-state index contributed by atoms with van der Waals surface area (Å²) in [5.41, 5.74) is 1.31. The first-order valence-electron chi connectivity index (χ1n) is 3.50. The highest BCUT2D eigenvalue weighted by molar-refractivity contribution is 5.85. The summed E-state index contributed by atoms with van der Waals surface area (Å²) >= 11 is 0. The number of aromatic nitrogens is 2. The maximum atomic E-state index is 8.73. The standard InChI is InChI=1S/C9H5N3.ClH/c10-4-7-2-1-3-8-5-11-6-12-9(7)8;/h1-3,5-6H;1H. The smallest absolute Gasteiger partial charge is 0.116 e. The predicted molar refractivity (Wildman–Crippen MR) is 51.5 cm³/mol. The Kier molecular flexibility index (Phi) is 2.78. The molecule has 1 heterocycles. The lowest BCUT2D eigenvalue weighted by atomic mass is 10.1. The Morgan fingerprint density at radius 2 is 2.15 bits per heavy atom. The van der Waals surface area contributed by atoms with E-state index in [1.807, 2.05) is 12.1 Å². The van der Waals surface area contributed by atoms with Crippen LogP contribution in [0.25, 0.3) is 10.9 Å². The molecule has 0 amide bonds. The summed E-state index contributed by atoms with van der Waals surface area (Å²) in [5, 5.41) is 9.62. The first-order chi connectivity index (χ1) is 5.92. The van der Waals surface area contributed by atoms with Crippen molar-refractivity contribution in [2.45, 2.75) is 0 Å². The Hall–Kier alpha value is -1.66. The molecule has 4 heteroatoms. The molecule has 1 aromatic carbocycles. The molecule has 2 aromatic rings. The molecule has 0 aliphatic heterocycles. The molecule has 0 unspecified atom stereocenters. The van der Waals surface area contributed by atoms with E-state index in [1.54, 1.807) is 12.3 Å². The van der Waals surface area contributed by atoms with Crippen molar-refractivity contribution in [1.82, 2.24) is 9.97 Å². The van der Waals surface area contributed by atoms with Gasteiger partial charge in [-0.3, -0.25) is 0 Å². The number of fused-ring (bicyclic) bond motifs is 1. The number of hydrogen-bond acceptors (Lipinski definition) is 3. The molecule has 0 aliphatic carbocycles. The molecule has 0 bridgehead atoms. The van der Waals surface area contributed by atoms with Gasteiger partial charge in [-0.2, -0.15) is 5.26 Å². The molecule has 2 rings (SSSR count). The monoisotopic (exact) mass is 191 g/mol. The van der Waals surface area contributed by atoms with Crippen LogP contribution in [0.2, 0.25) is 0 Å². The summed E-state index contributed by atoms with van der Waals surface area (Å²) in [7, 11) is 0. The van der Waals surface area contributed by atoms with Gasteiger partial charge in [-0.05, 0) is 6.07 Å². The molecule has 0 atom stereocenters. The fourth-order valence-electron chi connectivity index (χ4n) is 1.10. The molecule has 0 fully saturated rings. The molecule has 0 saturated heterocycles. The molecule has 0 aliphatic rings. The second-order valence-electron chi connectivity index (χ2n) is 2.38. The minimum absolute atomic E-state index is 0. The number of benzene rings is 1. The van der Waals surface area contributed by atoms with Gasteiger partial charge in [0.25, 0.3) is 0 Å². The summed E-state index contributed by atoms with van der Waals surface area (Å²) in [6.07, 6.45) is 3.15. The topological polar surface area (TPSA) is 49.6 Å². The van der Waals surface area contributed by atoms with E-state index in [2.05, 4.69) is 16.0 Å². The normalized spacial score (nSPS) is 8.85. The molecule has 1 aromatic heterocycles. The lowest BCUT2D eigenvalue weighted by molar-refractivity contribution is 1.22. The van der Waals surface area contributed by atoms with Crippen LogP contribution in [0, 0.1) is 11.3 Å². The van der Waals surface area contributed by atoms with Gasteiger partial charge in [0.1, 0.15) is 12.4 Å². The summed E-state index contributed by atoms with van der Waals surface area (Å²) in [6, 6.07) is 7.53. The van der Waals surface area contributed by atoms with Crippen LogP contribution in [0.3, 0.4) is 0 Å². The molecule has 0 radical (unpaired) electrons. The molecular formula is C9H6ClN3. The van der Waals surface area contributed by atoms with Gasteiger partial charge in [0.05, 0.1) is 11.1 Å². The van der Waals surface area contributed by atoms with Crippen molar-refractivity contribution in [3.63, 3.8) is 0 Å². The van der Waals surface area contributed by atoms with Gasteiger partial charge in [-0.15, -0.1) is 12.4 Å². The van der Waals surface area contributed by atoms with Crippen molar-refractivity contribution in [2.24, 2.45) is 0 Å². The van der Waals surface area contributed by atoms with E-state index >= 15 is 0 Å². The quantitative estimate of drug-likeness (QED) is 0.639. The van der Waals surface area contributed by atoms with Crippen molar-refractivity contribution < 1.29 is 0 Å². The summed E-state index contributed by atoms with van der Waals surface area (Å²) in [4.78, 5) is 7.89. The predicted octanol–water partition coefficient (Wildman–Crippen LogP) is 1.92. The number of rotatable bonds is 0. The summed E-state index contributed by atoms with van der Waals surface area (Å²) < 4.78 is 0. The molecule has 3 nitrogen and oxygen atoms in total. The van der Waals surface area contributed by atoms with Gasteiger partial charge < -0.3 is 0 Å². The number of halogens is 1. The van der Waals surface area contributed by atoms with Gasteiger partial charge in [-0.25, -0.2) is 9.97 Å². The van der Waals surface area contributed by atoms with E-state index < -0.39 is 0 Å². The van der Waals surface area contributed by atoms with Gasteiger partial charge >= 0.3 is 0 Å². The zero-order valence-electron chi connectivity index (χ0n) is 6.64. The minimum atomic E-state index is 0. The van der Waals surface area contributed by atoms with Gasteiger partial charge in [-0.1, -0.05) is 12.1 Å². The van der Waals surface area contributed by atoms with Gasteiger partial charge in [0.15, 0.2) is 0 Å². The zero-order valence-corrected chi connectivity index (χ0v) is 7.45. The van der Waals surface area contributed by atoms with Gasteiger partial charge in [0, 0.05) is 11.6 Å². The lowest BCUT2D eigenvalue weighted by Gasteiger charge is -1.95. The van der Waals surface area contributed by atoms with E-state index in [-0.39, 0.29) is 12.4 Å². The number of nitrogens with zero attached hydrogens (tertiary/aromatic N) is 3. The SMILES string of the molecule is Cl.N#Cc1cccc2cncnc12. The second kappa shape index (κ2) is 3.83. The summed E-state index contributed by atoms with van der Waals surface area (Å²) in [6.45, 7) is 0. The van der Waals surface area contributed by atoms with Crippen molar-refractivity contribution in [3.8, 4) is 6.07 Å². The summed E-state index contributed by atoms with van der Waals surface area (Å²) in [5.74, 6) is 0. The van der Waals surface area contributed by atoms with Crippen molar-refractivity contribution in [1.29, 1.82) is 5.26 Å². The van der Waals surface area contributed by atoms with Crippen LogP contribution < -0.4 is 0 Å². The Balaban J connectivity index is 0.000000845. The Bertz CT molecular complexity index is 456. The van der Waals surface area contributed by atoms with E-state index in [4.69, 9.17) is 5.26 Å². The van der Waals surface area contributed by atoms with Crippen LogP contribution in [0.15, 0.2) is 30.7 Å². The fraction of sp³-hybridized carbons (Fsp3) is 0. The van der Waals surface area contributed by atoms with E-state index in [0.29, 0.717) is 5.56 Å². The van der Waals surface area contributed by atoms with E-state index in [1.165, 1.54) is 6.33 Å². The van der Waals surface area contributed by atoms with Crippen molar-refractivity contribution in [3.05, 3.63) is 36.3 Å². The lowest BCUT2D eigenvalue weighted by Crippen LogP contribution is -1.84. The number of hydrogen-bond donors (Lipinski definition) is 0. The maximum absolute atomic E-state index is 8.73. The van der Waals surface area contributed by atoms with Crippen LogP contribution in [0.1, 0.15) is 5.56 Å². The Labute approximate surface area is 81.5 Å². The van der Waals surface area contributed by atoms with Crippen LogP contribution in [-0.4, -0.2) is 9.97 Å². The van der Waals surface area contributed by atoms with Crippen molar-refractivity contribution >= 4 is 23.3 Å². The highest BCUT2D eigenvalue weighted by Crippen LogP contribution is 2.12. The largest absolute Gasteiger partial charge is 0.244 e. The highest BCUT2D eigenvalue weighted by atomic mass is 35.5. The average Bonchev–Trinajstić information content (AvgIpc) is 2.17. The molecule has 13 heavy (non-hydrogen) atoms. The minimum Gasteiger partial charge on any atom is -0.244 e. The first-order valence-corrected chi connectivity index (χ1v) is 3.50. The van der Waals surface area contributed by atoms with Crippen LogP contribution in [0.4, 0.5) is 0 Å². The fourth-order valence-corrected chi connectivity index (χ4v) is 1.10. The molecular weight excluding hydrogens is 186 g/mol. The third-order valence-electron chi connectivity index (χ3n) is 1.65.